The molecule has 0 aliphatic heterocycles. The van der Waals surface area contributed by atoms with Crippen molar-refractivity contribution < 1.29 is 4.39 Å². The lowest BCUT2D eigenvalue weighted by Gasteiger charge is -2.05. The highest BCUT2D eigenvalue weighted by Gasteiger charge is 2.11. The van der Waals surface area contributed by atoms with E-state index in [0.717, 1.165) is 29.7 Å². The Balaban J connectivity index is 2.47. The van der Waals surface area contributed by atoms with E-state index >= 15 is 0 Å². The van der Waals surface area contributed by atoms with Gasteiger partial charge in [-0.05, 0) is 24.1 Å². The van der Waals surface area contributed by atoms with Crippen LogP contribution < -0.4 is 5.73 Å². The van der Waals surface area contributed by atoms with Crippen molar-refractivity contribution >= 4 is 0 Å². The lowest BCUT2D eigenvalue weighted by atomic mass is 10.0. The van der Waals surface area contributed by atoms with Crippen molar-refractivity contribution in [2.24, 2.45) is 12.8 Å². The number of nitrogens with two attached hydrogens (primary N) is 1. The quantitative estimate of drug-likeness (QED) is 0.902. The van der Waals surface area contributed by atoms with E-state index in [1.165, 1.54) is 6.07 Å². The highest BCUT2D eigenvalue weighted by molar-refractivity contribution is 5.66. The Bertz CT molecular complexity index is 546. The highest BCUT2D eigenvalue weighted by Crippen LogP contribution is 2.25. The minimum Gasteiger partial charge on any atom is -0.326 e. The third-order valence-corrected chi connectivity index (χ3v) is 2.97. The number of rotatable bonds is 4. The molecule has 0 spiro atoms. The number of benzene rings is 1. The number of aryl methyl sites for hydroxylation is 2. The summed E-state index contributed by atoms with van der Waals surface area (Å²) in [6, 6.07) is 5.07. The van der Waals surface area contributed by atoms with E-state index in [0.29, 0.717) is 5.56 Å². The van der Waals surface area contributed by atoms with Crippen LogP contribution in [-0.2, 0) is 20.0 Å². The normalized spacial score (nSPS) is 10.9. The van der Waals surface area contributed by atoms with Crippen LogP contribution in [-0.4, -0.2) is 9.78 Å². The van der Waals surface area contributed by atoms with Gasteiger partial charge in [-0.1, -0.05) is 19.4 Å². The van der Waals surface area contributed by atoms with Crippen LogP contribution in [0.15, 0.2) is 24.4 Å². The number of aromatic nitrogens is 2. The Morgan fingerprint density at radius 2 is 2.17 bits per heavy atom. The average Bonchev–Trinajstić information content (AvgIpc) is 2.71. The zero-order chi connectivity index (χ0) is 13.1. The van der Waals surface area contributed by atoms with Gasteiger partial charge in [-0.2, -0.15) is 5.10 Å². The fourth-order valence-corrected chi connectivity index (χ4v) is 2.10. The van der Waals surface area contributed by atoms with Crippen LogP contribution in [0.25, 0.3) is 11.1 Å². The number of hydrogen-bond donors (Lipinski definition) is 1. The van der Waals surface area contributed by atoms with Gasteiger partial charge >= 0.3 is 0 Å². The summed E-state index contributed by atoms with van der Waals surface area (Å²) in [5, 5.41) is 4.45. The molecule has 0 saturated carbocycles. The Labute approximate surface area is 106 Å². The molecule has 0 aliphatic carbocycles. The lowest BCUT2D eigenvalue weighted by molar-refractivity contribution is 0.611. The third-order valence-electron chi connectivity index (χ3n) is 2.97. The summed E-state index contributed by atoms with van der Waals surface area (Å²) in [5.41, 5.74) is 9.17. The second kappa shape index (κ2) is 5.31. The molecule has 1 heterocycles. The summed E-state index contributed by atoms with van der Waals surface area (Å²) >= 11 is 0. The van der Waals surface area contributed by atoms with Gasteiger partial charge in [0.25, 0.3) is 0 Å². The monoisotopic (exact) mass is 247 g/mol. The Morgan fingerprint density at radius 3 is 2.83 bits per heavy atom. The van der Waals surface area contributed by atoms with Gasteiger partial charge in [0.15, 0.2) is 0 Å². The summed E-state index contributed by atoms with van der Waals surface area (Å²) in [7, 11) is 1.90. The van der Waals surface area contributed by atoms with Gasteiger partial charge in [-0.15, -0.1) is 0 Å². The molecule has 1 aromatic carbocycles. The van der Waals surface area contributed by atoms with Crippen LogP contribution >= 0.6 is 0 Å². The van der Waals surface area contributed by atoms with Gasteiger partial charge in [0.2, 0.25) is 0 Å². The van der Waals surface area contributed by atoms with Crippen molar-refractivity contribution in [2.75, 3.05) is 0 Å². The van der Waals surface area contributed by atoms with Crippen LogP contribution in [0, 0.1) is 5.82 Å². The number of halogens is 1. The van der Waals surface area contributed by atoms with E-state index in [1.807, 2.05) is 19.3 Å². The zero-order valence-corrected chi connectivity index (χ0v) is 10.8. The molecule has 2 aromatic rings. The molecule has 4 heteroatoms. The Kier molecular flexibility index (Phi) is 3.77. The van der Waals surface area contributed by atoms with Crippen LogP contribution in [0.4, 0.5) is 4.39 Å². The summed E-state index contributed by atoms with van der Waals surface area (Å²) < 4.78 is 15.2. The van der Waals surface area contributed by atoms with Crippen LogP contribution in [0.2, 0.25) is 0 Å². The van der Waals surface area contributed by atoms with E-state index in [1.54, 1.807) is 10.7 Å². The lowest BCUT2D eigenvalue weighted by Crippen LogP contribution is -2.00. The first-order chi connectivity index (χ1) is 8.65. The molecule has 0 fully saturated rings. The summed E-state index contributed by atoms with van der Waals surface area (Å²) in [5.74, 6) is -0.248. The van der Waals surface area contributed by atoms with Gasteiger partial charge < -0.3 is 5.73 Å². The summed E-state index contributed by atoms with van der Waals surface area (Å²) in [4.78, 5) is 0. The molecular formula is C14H18FN3. The maximum absolute atomic E-state index is 13.4. The molecule has 0 bridgehead atoms. The number of hydrogen-bond acceptors (Lipinski definition) is 2. The van der Waals surface area contributed by atoms with E-state index in [-0.39, 0.29) is 12.4 Å². The van der Waals surface area contributed by atoms with Crippen molar-refractivity contribution in [2.45, 2.75) is 26.3 Å². The van der Waals surface area contributed by atoms with Crippen LogP contribution in [0.1, 0.15) is 24.6 Å². The molecule has 2 N–H and O–H groups in total. The topological polar surface area (TPSA) is 43.8 Å². The summed E-state index contributed by atoms with van der Waals surface area (Å²) in [6.45, 7) is 2.33. The molecule has 0 saturated heterocycles. The first-order valence-electron chi connectivity index (χ1n) is 6.17. The molecule has 3 nitrogen and oxygen atoms in total. The molecule has 0 atom stereocenters. The van der Waals surface area contributed by atoms with Gasteiger partial charge in [0.05, 0.1) is 5.69 Å². The first-order valence-corrected chi connectivity index (χ1v) is 6.17. The maximum Gasteiger partial charge on any atom is 0.127 e. The van der Waals surface area contributed by atoms with Gasteiger partial charge in [-0.3, -0.25) is 4.68 Å². The Morgan fingerprint density at radius 1 is 1.39 bits per heavy atom. The van der Waals surface area contributed by atoms with E-state index in [9.17, 15) is 4.39 Å². The zero-order valence-electron chi connectivity index (χ0n) is 10.8. The standard InChI is InChI=1S/C14H18FN3/c1-3-4-14-12(9-18(2)17-14)10-5-6-13(15)11(7-10)8-16/h5-7,9H,3-4,8,16H2,1-2H3. The van der Waals surface area contributed by atoms with Crippen molar-refractivity contribution in [1.29, 1.82) is 0 Å². The largest absolute Gasteiger partial charge is 0.326 e. The van der Waals surface area contributed by atoms with Crippen molar-refractivity contribution in [3.8, 4) is 11.1 Å². The molecule has 0 unspecified atom stereocenters. The van der Waals surface area contributed by atoms with Crippen LogP contribution in [0.5, 0.6) is 0 Å². The molecule has 2 rings (SSSR count). The van der Waals surface area contributed by atoms with Crippen LogP contribution in [0.3, 0.4) is 0 Å². The minimum atomic E-state index is -0.248. The van der Waals surface area contributed by atoms with E-state index < -0.39 is 0 Å². The third kappa shape index (κ3) is 2.43. The fraction of sp³-hybridized carbons (Fsp3) is 0.357. The second-order valence-corrected chi connectivity index (χ2v) is 4.42. The molecule has 0 radical (unpaired) electrons. The van der Waals surface area contributed by atoms with Gasteiger partial charge in [-0.25, -0.2) is 4.39 Å². The van der Waals surface area contributed by atoms with Gasteiger partial charge in [0, 0.05) is 30.9 Å². The smallest absolute Gasteiger partial charge is 0.127 e. The van der Waals surface area contributed by atoms with Gasteiger partial charge in [0.1, 0.15) is 5.82 Å². The van der Waals surface area contributed by atoms with Crippen molar-refractivity contribution in [3.05, 3.63) is 41.5 Å². The van der Waals surface area contributed by atoms with E-state index in [4.69, 9.17) is 5.73 Å². The van der Waals surface area contributed by atoms with E-state index in [2.05, 4.69) is 12.0 Å². The predicted molar refractivity (Wildman–Crippen MR) is 70.5 cm³/mol. The predicted octanol–water partition coefficient (Wildman–Crippen LogP) is 2.64. The fourth-order valence-electron chi connectivity index (χ4n) is 2.10. The van der Waals surface area contributed by atoms with Crippen molar-refractivity contribution in [3.63, 3.8) is 0 Å². The first kappa shape index (κ1) is 12.8. The van der Waals surface area contributed by atoms with Crippen molar-refractivity contribution in [1.82, 2.24) is 9.78 Å². The highest BCUT2D eigenvalue weighted by atomic mass is 19.1. The second-order valence-electron chi connectivity index (χ2n) is 4.42. The average molecular weight is 247 g/mol. The maximum atomic E-state index is 13.4. The Hall–Kier alpha value is -1.68. The number of nitrogens with zero attached hydrogens (tertiary/aromatic N) is 2. The summed E-state index contributed by atoms with van der Waals surface area (Å²) in [6.07, 6.45) is 3.93. The molecule has 96 valence electrons. The SMILES string of the molecule is CCCc1nn(C)cc1-c1ccc(F)c(CN)c1. The molecule has 0 amide bonds. The molecule has 18 heavy (non-hydrogen) atoms. The minimum absolute atomic E-state index is 0.211. The molecule has 0 aliphatic rings. The molecule has 1 aromatic heterocycles. The molecular weight excluding hydrogens is 229 g/mol.